The topological polar surface area (TPSA) is 114 Å². The Morgan fingerprint density at radius 3 is 2.59 bits per heavy atom. The number of terminal acetylenes is 1. The lowest BCUT2D eigenvalue weighted by molar-refractivity contribution is -0.139. The molecular formula is C29H27Cl2N5O4S. The number of guanidine groups is 1. The van der Waals surface area contributed by atoms with Crippen LogP contribution >= 0.6 is 34.5 Å². The maximum absolute atomic E-state index is 13.3. The molecule has 41 heavy (non-hydrogen) atoms. The Kier molecular flexibility index (Phi) is 8.68. The largest absolute Gasteiger partial charge is 0.480 e. The summed E-state index contributed by atoms with van der Waals surface area (Å²) in [6.45, 7) is 2.07. The van der Waals surface area contributed by atoms with Gasteiger partial charge in [-0.2, -0.15) is 4.99 Å². The number of fused-ring (bicyclic) bond motifs is 2. The van der Waals surface area contributed by atoms with Crippen molar-refractivity contribution in [1.29, 1.82) is 0 Å². The Morgan fingerprint density at radius 2 is 1.88 bits per heavy atom. The van der Waals surface area contributed by atoms with Gasteiger partial charge in [0.25, 0.3) is 11.8 Å². The number of nitrogens with one attached hydrogen (secondary N) is 2. The molecule has 5 rings (SSSR count). The highest BCUT2D eigenvalue weighted by Gasteiger charge is 2.30. The van der Waals surface area contributed by atoms with Gasteiger partial charge in [-0.05, 0) is 54.0 Å². The van der Waals surface area contributed by atoms with E-state index in [0.29, 0.717) is 35.9 Å². The van der Waals surface area contributed by atoms with E-state index in [-0.39, 0.29) is 28.1 Å². The monoisotopic (exact) mass is 611 g/mol. The molecule has 1 aromatic heterocycles. The van der Waals surface area contributed by atoms with E-state index >= 15 is 0 Å². The summed E-state index contributed by atoms with van der Waals surface area (Å²) < 4.78 is 1.04. The van der Waals surface area contributed by atoms with Gasteiger partial charge in [0, 0.05) is 43.5 Å². The Bertz CT molecular complexity index is 1560. The predicted molar refractivity (Wildman–Crippen MR) is 161 cm³/mol. The second-order valence-corrected chi connectivity index (χ2v) is 11.7. The van der Waals surface area contributed by atoms with Crippen LogP contribution in [0.3, 0.4) is 0 Å². The molecule has 2 aromatic carbocycles. The molecule has 1 fully saturated rings. The molecule has 3 heterocycles. The Morgan fingerprint density at radius 1 is 1.12 bits per heavy atom. The average Bonchev–Trinajstić information content (AvgIpc) is 3.64. The number of nitrogens with zero attached hydrogens (tertiary/aromatic N) is 3. The highest BCUT2D eigenvalue weighted by atomic mass is 35.5. The number of hydrogen-bond acceptors (Lipinski definition) is 5. The van der Waals surface area contributed by atoms with Crippen molar-refractivity contribution in [2.24, 2.45) is 4.99 Å². The van der Waals surface area contributed by atoms with Crippen LogP contribution in [0.1, 0.15) is 44.0 Å². The van der Waals surface area contributed by atoms with Crippen LogP contribution in [0.4, 0.5) is 0 Å². The van der Waals surface area contributed by atoms with Crippen molar-refractivity contribution in [2.75, 3.05) is 26.2 Å². The van der Waals surface area contributed by atoms with Gasteiger partial charge in [-0.25, -0.2) is 4.79 Å². The molecule has 2 amide bonds. The Labute approximate surface area is 251 Å². The maximum atomic E-state index is 13.3. The fourth-order valence-corrected chi connectivity index (χ4v) is 6.91. The second-order valence-electron chi connectivity index (χ2n) is 9.81. The number of aliphatic imine (C=N–C) groups is 1. The van der Waals surface area contributed by atoms with Crippen molar-refractivity contribution in [3.8, 4) is 12.5 Å². The van der Waals surface area contributed by atoms with E-state index in [0.717, 1.165) is 41.6 Å². The summed E-state index contributed by atoms with van der Waals surface area (Å²) in [5, 5.41) is 16.5. The van der Waals surface area contributed by atoms with Crippen LogP contribution in [-0.4, -0.2) is 70.9 Å². The number of carbonyl (C=O) groups excluding carboxylic acids is 2. The van der Waals surface area contributed by atoms with Crippen LogP contribution in [0.2, 0.25) is 10.0 Å². The van der Waals surface area contributed by atoms with Crippen LogP contribution in [0.5, 0.6) is 0 Å². The first kappa shape index (κ1) is 28.7. The number of hydrogen-bond donors (Lipinski definition) is 3. The lowest BCUT2D eigenvalue weighted by Crippen LogP contribution is -2.51. The number of thiophene rings is 1. The molecule has 2 aliphatic heterocycles. The molecule has 3 N–H and O–H groups in total. The SMILES string of the molecule is C#CN=C(NCC(NC(=O)c1c(Cl)cc2c(c1Cl)CCN(C(=O)c1cc3ccccc3s1)C2)C(=O)O)N1CCCC1. The third-order valence-electron chi connectivity index (χ3n) is 7.20. The second kappa shape index (κ2) is 12.4. The summed E-state index contributed by atoms with van der Waals surface area (Å²) >= 11 is 14.7. The molecular weight excluding hydrogens is 585 g/mol. The lowest BCUT2D eigenvalue weighted by Gasteiger charge is -2.30. The highest BCUT2D eigenvalue weighted by Crippen LogP contribution is 2.35. The van der Waals surface area contributed by atoms with Crippen LogP contribution in [-0.2, 0) is 17.8 Å². The van der Waals surface area contributed by atoms with Gasteiger partial charge in [0.2, 0.25) is 5.96 Å². The number of likely N-dealkylation sites (tertiary alicyclic amines) is 1. The van der Waals surface area contributed by atoms with Gasteiger partial charge in [0.05, 0.1) is 20.5 Å². The normalized spacial score (nSPS) is 15.8. The van der Waals surface area contributed by atoms with Crippen molar-refractivity contribution >= 4 is 68.4 Å². The lowest BCUT2D eigenvalue weighted by atomic mass is 9.96. The minimum atomic E-state index is -1.30. The van der Waals surface area contributed by atoms with E-state index in [1.807, 2.05) is 35.2 Å². The number of benzene rings is 2. The maximum Gasteiger partial charge on any atom is 0.328 e. The fourth-order valence-electron chi connectivity index (χ4n) is 5.11. The van der Waals surface area contributed by atoms with E-state index in [1.165, 1.54) is 11.3 Å². The number of carboxylic acid groups (broad SMARTS) is 1. The fraction of sp³-hybridized carbons (Fsp3) is 0.310. The van der Waals surface area contributed by atoms with Gasteiger partial charge in [-0.1, -0.05) is 47.8 Å². The minimum absolute atomic E-state index is 0.000301. The van der Waals surface area contributed by atoms with Gasteiger partial charge in [-0.3, -0.25) is 9.59 Å². The zero-order valence-electron chi connectivity index (χ0n) is 22.0. The Balaban J connectivity index is 1.30. The van der Waals surface area contributed by atoms with Gasteiger partial charge in [-0.15, -0.1) is 11.3 Å². The third-order valence-corrected chi connectivity index (χ3v) is 9.02. The molecule has 1 saturated heterocycles. The molecule has 0 radical (unpaired) electrons. The molecule has 1 unspecified atom stereocenters. The number of aliphatic carboxylic acids is 1. The first-order valence-electron chi connectivity index (χ1n) is 13.1. The molecule has 9 nitrogen and oxygen atoms in total. The van der Waals surface area contributed by atoms with E-state index in [1.54, 1.807) is 11.0 Å². The summed E-state index contributed by atoms with van der Waals surface area (Å²) in [7, 11) is 0. The van der Waals surface area contributed by atoms with Crippen LogP contribution in [0.25, 0.3) is 10.1 Å². The number of amides is 2. The molecule has 0 spiro atoms. The van der Waals surface area contributed by atoms with Crippen LogP contribution < -0.4 is 10.6 Å². The molecule has 2 aliphatic rings. The zero-order valence-corrected chi connectivity index (χ0v) is 24.3. The average molecular weight is 613 g/mol. The third kappa shape index (κ3) is 6.12. The van der Waals surface area contributed by atoms with E-state index in [4.69, 9.17) is 29.6 Å². The molecule has 1 atom stereocenters. The molecule has 0 saturated carbocycles. The van der Waals surface area contributed by atoms with E-state index < -0.39 is 17.9 Å². The minimum Gasteiger partial charge on any atom is -0.480 e. The van der Waals surface area contributed by atoms with Gasteiger partial charge in [0.1, 0.15) is 6.04 Å². The number of rotatable bonds is 6. The summed E-state index contributed by atoms with van der Waals surface area (Å²) in [5.41, 5.74) is 1.46. The van der Waals surface area contributed by atoms with Crippen LogP contribution in [0, 0.1) is 12.5 Å². The quantitative estimate of drug-likeness (QED) is 0.218. The molecule has 0 aliphatic carbocycles. The van der Waals surface area contributed by atoms with Crippen molar-refractivity contribution in [1.82, 2.24) is 20.4 Å². The van der Waals surface area contributed by atoms with Crippen molar-refractivity contribution < 1.29 is 19.5 Å². The molecule has 12 heteroatoms. The predicted octanol–water partition coefficient (Wildman–Crippen LogP) is 4.22. The van der Waals surface area contributed by atoms with Gasteiger partial charge < -0.3 is 25.5 Å². The standard InChI is InChI=1S/C29H27Cl2N5O4S/c1-2-32-29(35-10-5-6-11-35)33-15-21(28(39)40)34-26(37)24-20(30)13-18-16-36(12-9-19(18)25(24)31)27(38)23-14-17-7-3-4-8-22(17)41-23/h1,3-4,7-8,13-14,21H,5-6,9-12,15-16H2,(H,32,33)(H,34,37)(H,39,40). The highest BCUT2D eigenvalue weighted by molar-refractivity contribution is 7.20. The molecule has 0 bridgehead atoms. The first-order valence-corrected chi connectivity index (χ1v) is 14.7. The first-order chi connectivity index (χ1) is 19.8. The van der Waals surface area contributed by atoms with Crippen molar-refractivity contribution in [3.63, 3.8) is 0 Å². The van der Waals surface area contributed by atoms with E-state index in [9.17, 15) is 19.5 Å². The zero-order chi connectivity index (χ0) is 29.1. The summed E-state index contributed by atoms with van der Waals surface area (Å²) in [4.78, 5) is 46.8. The Hall–Kier alpha value is -3.78. The number of carbonyl (C=O) groups is 3. The van der Waals surface area contributed by atoms with Gasteiger partial charge in [0.15, 0.2) is 0 Å². The van der Waals surface area contributed by atoms with E-state index in [2.05, 4.69) is 21.7 Å². The number of halogens is 2. The smallest absolute Gasteiger partial charge is 0.328 e. The van der Waals surface area contributed by atoms with Crippen molar-refractivity contribution in [2.45, 2.75) is 31.8 Å². The molecule has 3 aromatic rings. The van der Waals surface area contributed by atoms with Crippen molar-refractivity contribution in [3.05, 3.63) is 68.0 Å². The summed E-state index contributed by atoms with van der Waals surface area (Å²) in [5.74, 6) is -1.64. The summed E-state index contributed by atoms with van der Waals surface area (Å²) in [6.07, 6.45) is 7.73. The van der Waals surface area contributed by atoms with Gasteiger partial charge >= 0.3 is 5.97 Å². The molecule has 212 valence electrons. The summed E-state index contributed by atoms with van der Waals surface area (Å²) in [6, 6.07) is 12.3. The van der Waals surface area contributed by atoms with Crippen LogP contribution in [0.15, 0.2) is 41.4 Å². The number of carboxylic acids is 1.